The number of hydrogen-bond donors (Lipinski definition) is 0. The van der Waals surface area contributed by atoms with Crippen molar-refractivity contribution >= 4 is 5.95 Å². The van der Waals surface area contributed by atoms with Crippen molar-refractivity contribution in [2.75, 3.05) is 24.6 Å². The Balaban J connectivity index is 1.38. The first-order valence-electron chi connectivity index (χ1n) is 7.42. The molecule has 2 aliphatic rings. The highest BCUT2D eigenvalue weighted by Crippen LogP contribution is 2.36. The zero-order valence-electron chi connectivity index (χ0n) is 12.1. The molecule has 0 saturated carbocycles. The van der Waals surface area contributed by atoms with Gasteiger partial charge in [-0.25, -0.2) is 15.0 Å². The van der Waals surface area contributed by atoms with Gasteiger partial charge in [0.1, 0.15) is 11.7 Å². The molecule has 0 unspecified atom stereocenters. The average Bonchev–Trinajstić information content (AvgIpc) is 2.54. The Morgan fingerprint density at radius 3 is 2.77 bits per heavy atom. The van der Waals surface area contributed by atoms with E-state index in [0.29, 0.717) is 12.5 Å². The number of hydrogen-bond acceptors (Lipinski definition) is 7. The third-order valence-corrected chi connectivity index (χ3v) is 4.07. The van der Waals surface area contributed by atoms with Crippen LogP contribution in [-0.2, 0) is 4.74 Å². The first kappa shape index (κ1) is 13.4. The molecule has 1 atom stereocenters. The summed E-state index contributed by atoms with van der Waals surface area (Å²) in [5.74, 6) is 1.33. The van der Waals surface area contributed by atoms with Crippen LogP contribution in [0.15, 0.2) is 37.1 Å². The molecule has 0 bridgehead atoms. The number of rotatable bonds is 3. The largest absolute Gasteiger partial charge is 0.473 e. The highest BCUT2D eigenvalue weighted by molar-refractivity contribution is 5.37. The molecule has 2 aromatic heterocycles. The maximum absolute atomic E-state index is 6.01. The molecule has 114 valence electrons. The van der Waals surface area contributed by atoms with Crippen LogP contribution in [0.1, 0.15) is 12.8 Å². The van der Waals surface area contributed by atoms with Crippen LogP contribution in [0.3, 0.4) is 0 Å². The molecule has 0 aliphatic carbocycles. The van der Waals surface area contributed by atoms with Gasteiger partial charge in [0, 0.05) is 37.6 Å². The highest BCUT2D eigenvalue weighted by Gasteiger charge is 2.49. The quantitative estimate of drug-likeness (QED) is 0.839. The molecule has 4 heterocycles. The molecule has 7 heteroatoms. The van der Waals surface area contributed by atoms with Crippen molar-refractivity contribution in [1.29, 1.82) is 0 Å². The average molecular weight is 299 g/mol. The lowest BCUT2D eigenvalue weighted by atomic mass is 9.85. The van der Waals surface area contributed by atoms with Gasteiger partial charge in [-0.2, -0.15) is 0 Å². The van der Waals surface area contributed by atoms with Crippen LogP contribution >= 0.6 is 0 Å². The normalized spacial score (nSPS) is 23.1. The molecule has 2 aromatic rings. The summed E-state index contributed by atoms with van der Waals surface area (Å²) in [6.07, 6.45) is 10.3. The van der Waals surface area contributed by atoms with E-state index in [0.717, 1.165) is 31.9 Å². The van der Waals surface area contributed by atoms with E-state index in [9.17, 15) is 0 Å². The van der Waals surface area contributed by atoms with Crippen LogP contribution < -0.4 is 9.64 Å². The minimum absolute atomic E-state index is 0.115. The van der Waals surface area contributed by atoms with E-state index in [-0.39, 0.29) is 11.7 Å². The van der Waals surface area contributed by atoms with Gasteiger partial charge in [-0.15, -0.1) is 0 Å². The second kappa shape index (κ2) is 5.49. The Labute approximate surface area is 128 Å². The van der Waals surface area contributed by atoms with Crippen molar-refractivity contribution in [3.05, 3.63) is 37.1 Å². The monoisotopic (exact) mass is 299 g/mol. The minimum atomic E-state index is -0.148. The van der Waals surface area contributed by atoms with Crippen molar-refractivity contribution in [2.45, 2.75) is 24.5 Å². The number of aromatic nitrogens is 4. The first-order valence-corrected chi connectivity index (χ1v) is 7.42. The van der Waals surface area contributed by atoms with Gasteiger partial charge in [0.15, 0.2) is 0 Å². The second-order valence-corrected chi connectivity index (χ2v) is 5.71. The van der Waals surface area contributed by atoms with Gasteiger partial charge in [-0.1, -0.05) is 0 Å². The minimum Gasteiger partial charge on any atom is -0.473 e. The summed E-state index contributed by atoms with van der Waals surface area (Å²) in [6.45, 7) is 2.31. The van der Waals surface area contributed by atoms with E-state index in [1.54, 1.807) is 31.0 Å². The van der Waals surface area contributed by atoms with E-state index in [4.69, 9.17) is 9.47 Å². The Kier molecular flexibility index (Phi) is 3.34. The third-order valence-electron chi connectivity index (χ3n) is 4.07. The standard InChI is InChI=1S/C15H17N5O2/c1-3-18-14(19-4-1)20-10-15(11-20)8-12(2-7-21-15)22-13-9-16-5-6-17-13/h1,3-6,9,12H,2,7-8,10-11H2/t12-/m1/s1. The third kappa shape index (κ3) is 2.59. The maximum atomic E-state index is 6.01. The molecule has 22 heavy (non-hydrogen) atoms. The van der Waals surface area contributed by atoms with Crippen LogP contribution in [0.4, 0.5) is 5.95 Å². The fraction of sp³-hybridized carbons (Fsp3) is 0.467. The smallest absolute Gasteiger partial charge is 0.232 e. The van der Waals surface area contributed by atoms with Crippen LogP contribution in [-0.4, -0.2) is 51.3 Å². The van der Waals surface area contributed by atoms with Crippen molar-refractivity contribution in [2.24, 2.45) is 0 Å². The molecule has 0 radical (unpaired) electrons. The predicted molar refractivity (Wildman–Crippen MR) is 78.6 cm³/mol. The molecule has 0 aromatic carbocycles. The van der Waals surface area contributed by atoms with E-state index in [2.05, 4.69) is 24.8 Å². The Morgan fingerprint density at radius 2 is 2.00 bits per heavy atom. The van der Waals surface area contributed by atoms with Crippen molar-refractivity contribution in [3.8, 4) is 5.88 Å². The summed E-state index contributed by atoms with van der Waals surface area (Å²) in [5.41, 5.74) is -0.148. The molecule has 0 amide bonds. The summed E-state index contributed by atoms with van der Waals surface area (Å²) in [4.78, 5) is 18.9. The maximum Gasteiger partial charge on any atom is 0.232 e. The van der Waals surface area contributed by atoms with Gasteiger partial charge in [0.05, 0.1) is 25.9 Å². The van der Waals surface area contributed by atoms with E-state index in [1.807, 2.05) is 6.07 Å². The van der Waals surface area contributed by atoms with Gasteiger partial charge in [0.2, 0.25) is 11.8 Å². The molecule has 1 spiro atoms. The van der Waals surface area contributed by atoms with Gasteiger partial charge >= 0.3 is 0 Å². The summed E-state index contributed by atoms with van der Waals surface area (Å²) in [5, 5.41) is 0. The summed E-state index contributed by atoms with van der Waals surface area (Å²) in [6, 6.07) is 1.82. The molecular weight excluding hydrogens is 282 g/mol. The van der Waals surface area contributed by atoms with Crippen LogP contribution in [0.25, 0.3) is 0 Å². The summed E-state index contributed by atoms with van der Waals surface area (Å²) >= 11 is 0. The highest BCUT2D eigenvalue weighted by atomic mass is 16.5. The van der Waals surface area contributed by atoms with Gasteiger partial charge in [0.25, 0.3) is 0 Å². The predicted octanol–water partition coefficient (Wildman–Crippen LogP) is 1.08. The van der Waals surface area contributed by atoms with E-state index < -0.39 is 0 Å². The van der Waals surface area contributed by atoms with Crippen molar-refractivity contribution in [1.82, 2.24) is 19.9 Å². The Bertz CT molecular complexity index is 618. The van der Waals surface area contributed by atoms with Crippen LogP contribution in [0.2, 0.25) is 0 Å². The SMILES string of the molecule is c1cnc(N2CC3(C[C@H](Oc4cnccn4)CCO3)C2)nc1. The fourth-order valence-electron chi connectivity index (χ4n) is 3.07. The molecule has 2 saturated heterocycles. The Hall–Kier alpha value is -2.28. The lowest BCUT2D eigenvalue weighted by molar-refractivity contribution is -0.127. The van der Waals surface area contributed by atoms with Gasteiger partial charge in [-0.3, -0.25) is 4.98 Å². The van der Waals surface area contributed by atoms with Crippen LogP contribution in [0.5, 0.6) is 5.88 Å². The van der Waals surface area contributed by atoms with E-state index >= 15 is 0 Å². The Morgan fingerprint density at radius 1 is 1.14 bits per heavy atom. The first-order chi connectivity index (χ1) is 10.8. The molecule has 4 rings (SSSR count). The summed E-state index contributed by atoms with van der Waals surface area (Å²) in [7, 11) is 0. The molecule has 7 nitrogen and oxygen atoms in total. The van der Waals surface area contributed by atoms with Gasteiger partial charge < -0.3 is 14.4 Å². The molecular formula is C15H17N5O2. The summed E-state index contributed by atoms with van der Waals surface area (Å²) < 4.78 is 11.9. The topological polar surface area (TPSA) is 73.3 Å². The molecule has 2 aliphatic heterocycles. The number of ether oxygens (including phenoxy) is 2. The number of nitrogens with zero attached hydrogens (tertiary/aromatic N) is 5. The zero-order valence-corrected chi connectivity index (χ0v) is 12.1. The second-order valence-electron chi connectivity index (χ2n) is 5.71. The zero-order chi connectivity index (χ0) is 14.8. The van der Waals surface area contributed by atoms with Crippen molar-refractivity contribution < 1.29 is 9.47 Å². The fourth-order valence-corrected chi connectivity index (χ4v) is 3.07. The molecule has 0 N–H and O–H groups in total. The number of anilines is 1. The molecule has 2 fully saturated rings. The lowest BCUT2D eigenvalue weighted by Crippen LogP contribution is -2.66. The van der Waals surface area contributed by atoms with Crippen LogP contribution in [0, 0.1) is 0 Å². The van der Waals surface area contributed by atoms with Gasteiger partial charge in [-0.05, 0) is 6.07 Å². The lowest BCUT2D eigenvalue weighted by Gasteiger charge is -2.52. The van der Waals surface area contributed by atoms with Crippen molar-refractivity contribution in [3.63, 3.8) is 0 Å². The van der Waals surface area contributed by atoms with E-state index in [1.165, 1.54) is 0 Å².